The van der Waals surface area contributed by atoms with Crippen LogP contribution in [0.2, 0.25) is 0 Å². The van der Waals surface area contributed by atoms with Gasteiger partial charge in [0.15, 0.2) is 0 Å². The normalized spacial score (nSPS) is 15.4. The van der Waals surface area contributed by atoms with Gasteiger partial charge >= 0.3 is 35.9 Å². The van der Waals surface area contributed by atoms with Gasteiger partial charge in [-0.25, -0.2) is 19.2 Å². The molecule has 17 N–H and O–H groups in total. The van der Waals surface area contributed by atoms with Gasteiger partial charge in [-0.3, -0.25) is 62.8 Å². The molecule has 1 aliphatic rings. The second-order valence-corrected chi connectivity index (χ2v) is 23.9. The van der Waals surface area contributed by atoms with E-state index in [2.05, 4.69) is 37.2 Å². The van der Waals surface area contributed by atoms with Crippen LogP contribution in [0, 0.1) is 6.92 Å². The molecule has 3 rings (SSSR count). The maximum absolute atomic E-state index is 14.5. The van der Waals surface area contributed by atoms with Crippen molar-refractivity contribution in [1.82, 2.24) is 56.8 Å². The van der Waals surface area contributed by atoms with Crippen LogP contribution in [-0.4, -0.2) is 255 Å². The predicted octanol–water partition coefficient (Wildman–Crippen LogP) is -1.37. The summed E-state index contributed by atoms with van der Waals surface area (Å²) in [5, 5.41) is 76.4. The van der Waals surface area contributed by atoms with Crippen molar-refractivity contribution in [2.75, 3.05) is 85.1 Å². The molecule has 0 aliphatic carbocycles. The number of aromatic hydroxyl groups is 1. The number of carbonyl (C=O) groups excluding carboxylic acids is 9. The fourth-order valence-corrected chi connectivity index (χ4v) is 10.7. The third kappa shape index (κ3) is 34.8. The van der Waals surface area contributed by atoms with Gasteiger partial charge in [0.25, 0.3) is 0 Å². The van der Waals surface area contributed by atoms with Crippen molar-refractivity contribution >= 4 is 83.5 Å². The van der Waals surface area contributed by atoms with E-state index in [9.17, 15) is 92.7 Å². The van der Waals surface area contributed by atoms with Crippen molar-refractivity contribution in [1.29, 1.82) is 0 Å². The average Bonchev–Trinajstić information content (AvgIpc) is 0.924. The molecular weight excluding hydrogens is 1270 g/mol. The zero-order valence-electron chi connectivity index (χ0n) is 54.9. The van der Waals surface area contributed by atoms with E-state index < -0.39 is 121 Å². The Morgan fingerprint density at radius 3 is 1.42 bits per heavy atom. The molecule has 33 nitrogen and oxygen atoms in total. The van der Waals surface area contributed by atoms with E-state index in [0.717, 1.165) is 0 Å². The number of amides is 9. The van der Waals surface area contributed by atoms with E-state index in [1.54, 1.807) is 69.0 Å². The number of hydrogen-bond donors (Lipinski definition) is 15. The van der Waals surface area contributed by atoms with Crippen molar-refractivity contribution in [3.05, 3.63) is 65.2 Å². The summed E-state index contributed by atoms with van der Waals surface area (Å²) in [6, 6.07) is 3.65. The molecule has 1 saturated heterocycles. The third-order valence-corrected chi connectivity index (χ3v) is 16.1. The Bertz CT molecular complexity index is 2940. The molecule has 0 spiro atoms. The van der Waals surface area contributed by atoms with Gasteiger partial charge in [-0.15, -0.1) is 0 Å². The standard InChI is InChI=1S/C64H97N13O20/c1-42-37-44(19-22-51(42)79)39-48(69-56(84)23-21-50(63(95)96)77-33-31-74(35-36-78)27-28-75(40-52(65)80)29-30-76(32-34-77)41-53(66)81)58(87)71-49(38-43-13-5-4-6-14-43)59(88)70-45(60(89)90)15-9-11-25-67-54(82)17-7-2-3-8-18-55(83)68-26-12-10-16-46(61(91)92)72-64(97)73-47(62(93)94)20-24-57(85)86/h4-6,13-14,19,22,36-37,45-50,79H,2-3,7-12,15-18,20-21,23-35,38-41H2,1H3,(H2,65,80)(H2,66,81)(H,67,82)(H,68,83)(H,69,84)(H,70,88)(H,71,87)(H,85,86)(H,89,90)(H,91,92)(H,93,94)(H,95,96)(H2,72,73,97). The summed E-state index contributed by atoms with van der Waals surface area (Å²) in [7, 11) is 0. The Balaban J connectivity index is 1.56. The summed E-state index contributed by atoms with van der Waals surface area (Å²) in [5.74, 6) is -10.9. The number of phenols is 1. The number of aldehydes is 1. The molecule has 0 saturated carbocycles. The Morgan fingerprint density at radius 1 is 0.474 bits per heavy atom. The fraction of sp³-hybridized carbons (Fsp3) is 0.594. The first-order valence-electron chi connectivity index (χ1n) is 32.5. The molecule has 9 amide bonds. The minimum atomic E-state index is -1.54. The Kier molecular flexibility index (Phi) is 38.1. The van der Waals surface area contributed by atoms with E-state index in [-0.39, 0.29) is 141 Å². The van der Waals surface area contributed by atoms with Crippen LogP contribution in [-0.2, 0) is 75.2 Å². The van der Waals surface area contributed by atoms with Gasteiger partial charge in [0.1, 0.15) is 48.3 Å². The van der Waals surface area contributed by atoms with Crippen molar-refractivity contribution in [2.45, 2.75) is 159 Å². The zero-order chi connectivity index (χ0) is 71.8. The van der Waals surface area contributed by atoms with Gasteiger partial charge in [0.2, 0.25) is 41.4 Å². The SMILES string of the molecule is Cc1cc(CC(NC(=O)CCC(C(=O)O)N2CCN(CC=O)CCN(CC(N)=O)CCN(CC(N)=O)CC2)C(=O)NC(Cc2ccccc2)C(=O)NC(CCCCNC(=O)CCCCCCC(=O)NCCCCC(NC(=O)NC(CCC(=O)O)C(=O)O)C(=O)O)C(=O)O)ccc1O. The molecule has 0 aromatic heterocycles. The number of carboxylic acid groups (broad SMARTS) is 5. The van der Waals surface area contributed by atoms with Gasteiger partial charge in [-0.2, -0.15) is 0 Å². The molecule has 6 atom stereocenters. The van der Waals surface area contributed by atoms with E-state index in [1.165, 1.54) is 6.07 Å². The Morgan fingerprint density at radius 2 is 0.938 bits per heavy atom. The second-order valence-electron chi connectivity index (χ2n) is 23.9. The first-order chi connectivity index (χ1) is 46.1. The van der Waals surface area contributed by atoms with Crippen molar-refractivity contribution in [2.24, 2.45) is 11.5 Å². The molecule has 33 heteroatoms. The first-order valence-corrected chi connectivity index (χ1v) is 32.5. The van der Waals surface area contributed by atoms with Gasteiger partial charge in [0.05, 0.1) is 19.6 Å². The number of primary amides is 2. The lowest BCUT2D eigenvalue weighted by atomic mass is 10.00. The van der Waals surface area contributed by atoms with Crippen LogP contribution in [0.25, 0.3) is 0 Å². The molecule has 1 aliphatic heterocycles. The molecule has 0 bridgehead atoms. The van der Waals surface area contributed by atoms with Gasteiger partial charge in [0, 0.05) is 104 Å². The van der Waals surface area contributed by atoms with E-state index in [1.807, 2.05) is 0 Å². The lowest BCUT2D eigenvalue weighted by molar-refractivity contribution is -0.145. The van der Waals surface area contributed by atoms with Gasteiger partial charge in [-0.05, 0) is 93.9 Å². The summed E-state index contributed by atoms with van der Waals surface area (Å²) in [6.45, 7) is 3.59. The van der Waals surface area contributed by atoms with Crippen LogP contribution in [0.4, 0.5) is 4.79 Å². The number of carboxylic acids is 5. The third-order valence-electron chi connectivity index (χ3n) is 16.1. The number of aliphatic carboxylic acids is 5. The summed E-state index contributed by atoms with van der Waals surface area (Å²) in [6.07, 6.45) is 2.81. The van der Waals surface area contributed by atoms with Crippen molar-refractivity contribution < 1.29 is 97.8 Å². The number of carbonyl (C=O) groups is 14. The summed E-state index contributed by atoms with van der Waals surface area (Å²) >= 11 is 0. The second kappa shape index (κ2) is 45.2. The maximum atomic E-state index is 14.5. The number of aryl methyl sites for hydroxylation is 1. The number of hydrogen-bond acceptors (Lipinski definition) is 19. The molecule has 2 aromatic rings. The summed E-state index contributed by atoms with van der Waals surface area (Å²) < 4.78 is 0. The largest absolute Gasteiger partial charge is 0.508 e. The van der Waals surface area contributed by atoms with Crippen LogP contribution in [0.5, 0.6) is 5.75 Å². The highest BCUT2D eigenvalue weighted by atomic mass is 16.4. The zero-order valence-corrected chi connectivity index (χ0v) is 54.9. The number of unbranched alkanes of at least 4 members (excludes halogenated alkanes) is 5. The number of rotatable bonds is 45. The number of nitrogens with one attached hydrogen (secondary N) is 7. The highest BCUT2D eigenvalue weighted by molar-refractivity contribution is 5.94. The van der Waals surface area contributed by atoms with E-state index in [0.29, 0.717) is 81.1 Å². The summed E-state index contributed by atoms with van der Waals surface area (Å²) in [5.41, 5.74) is 12.6. The smallest absolute Gasteiger partial charge is 0.326 e. The highest BCUT2D eigenvalue weighted by Gasteiger charge is 2.33. The number of benzene rings is 2. The number of urea groups is 1. The van der Waals surface area contributed by atoms with Gasteiger partial charge in [-0.1, -0.05) is 55.3 Å². The minimum absolute atomic E-state index is 0.00401. The van der Waals surface area contributed by atoms with Crippen LogP contribution in [0.3, 0.4) is 0 Å². The van der Waals surface area contributed by atoms with Crippen molar-refractivity contribution in [3.63, 3.8) is 0 Å². The predicted molar refractivity (Wildman–Crippen MR) is 349 cm³/mol. The molecule has 1 heterocycles. The average molecular weight is 1370 g/mol. The molecule has 538 valence electrons. The first kappa shape index (κ1) is 81.9. The monoisotopic (exact) mass is 1370 g/mol. The molecule has 6 unspecified atom stereocenters. The van der Waals surface area contributed by atoms with Crippen LogP contribution in [0.1, 0.15) is 119 Å². The molecular formula is C64H97N13O20. The Labute approximate surface area is 562 Å². The minimum Gasteiger partial charge on any atom is -0.508 e. The number of phenolic OH excluding ortho intramolecular Hbond substituents is 1. The lowest BCUT2D eigenvalue weighted by Crippen LogP contribution is -2.57. The fourth-order valence-electron chi connectivity index (χ4n) is 10.7. The maximum Gasteiger partial charge on any atom is 0.326 e. The Hall–Kier alpha value is -9.34. The molecule has 0 radical (unpaired) electrons. The topological polar surface area (TPSA) is 510 Å². The summed E-state index contributed by atoms with van der Waals surface area (Å²) in [4.78, 5) is 182. The highest BCUT2D eigenvalue weighted by Crippen LogP contribution is 2.19. The molecule has 1 fully saturated rings. The van der Waals surface area contributed by atoms with Gasteiger partial charge < -0.3 is 84.1 Å². The molecule has 97 heavy (non-hydrogen) atoms. The van der Waals surface area contributed by atoms with Crippen molar-refractivity contribution in [3.8, 4) is 5.75 Å². The number of nitrogens with two attached hydrogens (primary N) is 2. The molecule has 2 aromatic carbocycles. The van der Waals surface area contributed by atoms with Crippen LogP contribution >= 0.6 is 0 Å². The van der Waals surface area contributed by atoms with Crippen LogP contribution < -0.4 is 48.7 Å². The van der Waals surface area contributed by atoms with E-state index >= 15 is 0 Å². The van der Waals surface area contributed by atoms with E-state index in [4.69, 9.17) is 16.6 Å². The van der Waals surface area contributed by atoms with Crippen LogP contribution in [0.15, 0.2) is 48.5 Å². The number of nitrogens with zero attached hydrogens (tertiary/aromatic N) is 4. The lowest BCUT2D eigenvalue weighted by Gasteiger charge is -2.35. The quantitative estimate of drug-likeness (QED) is 0.0269.